The Bertz CT molecular complexity index is 76.0. The van der Waals surface area contributed by atoms with Gasteiger partial charge < -0.3 is 11.1 Å². The first-order valence-corrected chi connectivity index (χ1v) is 3.72. The first kappa shape index (κ1) is 9.43. The Morgan fingerprint density at radius 2 is 1.90 bits per heavy atom. The minimum Gasteiger partial charge on any atom is -0.348 e. The molecule has 1 radical (unpaired) electrons. The molecular weight excluding hydrogens is 128 g/mol. The molecule has 0 bridgehead atoms. The van der Waals surface area contributed by atoms with Gasteiger partial charge in [-0.3, -0.25) is 4.79 Å². The Morgan fingerprint density at radius 1 is 1.20 bits per heavy atom. The van der Waals surface area contributed by atoms with Gasteiger partial charge in [-0.25, -0.2) is 0 Å². The molecule has 59 valence electrons. The first-order valence-electron chi connectivity index (χ1n) is 3.72. The summed E-state index contributed by atoms with van der Waals surface area (Å²) in [5, 5.41) is 2.49. The second kappa shape index (κ2) is 8.43. The van der Waals surface area contributed by atoms with Gasteiger partial charge in [0.05, 0.1) is 0 Å². The highest BCUT2D eigenvalue weighted by Crippen LogP contribution is 1.96. The summed E-state index contributed by atoms with van der Waals surface area (Å²) in [6, 6.07) is 0. The van der Waals surface area contributed by atoms with Gasteiger partial charge in [0.25, 0.3) is 0 Å². The molecule has 0 heterocycles. The monoisotopic (exact) mass is 143 g/mol. The van der Waals surface area contributed by atoms with E-state index in [2.05, 4.69) is 5.32 Å². The molecule has 0 fully saturated rings. The van der Waals surface area contributed by atoms with E-state index in [1.807, 2.05) is 0 Å². The van der Waals surface area contributed by atoms with Gasteiger partial charge in [0.2, 0.25) is 0 Å². The number of nitrogens with two attached hydrogens (primary N) is 1. The van der Waals surface area contributed by atoms with Crippen LogP contribution in [-0.2, 0) is 4.79 Å². The zero-order valence-corrected chi connectivity index (χ0v) is 6.23. The molecule has 3 nitrogen and oxygen atoms in total. The minimum absolute atomic E-state index is 0.744. The van der Waals surface area contributed by atoms with Crippen LogP contribution < -0.4 is 11.1 Å². The molecule has 0 rings (SSSR count). The molecule has 0 spiro atoms. The maximum absolute atomic E-state index is 9.64. The van der Waals surface area contributed by atoms with Gasteiger partial charge >= 0.3 is 6.41 Å². The molecule has 0 unspecified atom stereocenters. The molecular formula is C7H15N2O. The highest BCUT2D eigenvalue weighted by Gasteiger charge is 1.86. The van der Waals surface area contributed by atoms with E-state index in [1.165, 1.54) is 0 Å². The molecule has 0 aliphatic heterocycles. The van der Waals surface area contributed by atoms with Crippen molar-refractivity contribution < 1.29 is 4.79 Å². The van der Waals surface area contributed by atoms with Crippen molar-refractivity contribution in [3.05, 3.63) is 0 Å². The minimum atomic E-state index is 0.744. The van der Waals surface area contributed by atoms with Gasteiger partial charge in [0, 0.05) is 6.54 Å². The van der Waals surface area contributed by atoms with Crippen LogP contribution in [0.4, 0.5) is 0 Å². The van der Waals surface area contributed by atoms with E-state index >= 15 is 0 Å². The maximum atomic E-state index is 9.64. The van der Waals surface area contributed by atoms with Crippen molar-refractivity contribution in [3.8, 4) is 0 Å². The van der Waals surface area contributed by atoms with Crippen LogP contribution in [0.1, 0.15) is 25.7 Å². The zero-order chi connectivity index (χ0) is 7.66. The van der Waals surface area contributed by atoms with E-state index in [1.54, 1.807) is 6.41 Å². The zero-order valence-electron chi connectivity index (χ0n) is 6.23. The first-order chi connectivity index (χ1) is 4.91. The summed E-state index contributed by atoms with van der Waals surface area (Å²) in [7, 11) is 0. The number of rotatable bonds is 7. The molecule has 0 aromatic carbocycles. The summed E-state index contributed by atoms with van der Waals surface area (Å²) in [6.07, 6.45) is 6.07. The number of amides is 1. The summed E-state index contributed by atoms with van der Waals surface area (Å²) >= 11 is 0. The largest absolute Gasteiger partial charge is 0.348 e. The average Bonchev–Trinajstić information content (AvgIpc) is 1.97. The molecule has 0 aliphatic carbocycles. The molecule has 0 saturated carbocycles. The van der Waals surface area contributed by atoms with Gasteiger partial charge in [-0.15, -0.1) is 0 Å². The van der Waals surface area contributed by atoms with E-state index in [0.717, 1.165) is 38.8 Å². The SMILES string of the molecule is NCCCCCCN[C]=O. The topological polar surface area (TPSA) is 55.1 Å². The quantitative estimate of drug-likeness (QED) is 0.394. The van der Waals surface area contributed by atoms with Crippen LogP contribution in [0, 0.1) is 0 Å². The fourth-order valence-electron chi connectivity index (χ4n) is 0.762. The second-order valence-corrected chi connectivity index (χ2v) is 2.23. The lowest BCUT2D eigenvalue weighted by atomic mass is 10.2. The van der Waals surface area contributed by atoms with Crippen LogP contribution in [0.5, 0.6) is 0 Å². The van der Waals surface area contributed by atoms with Gasteiger partial charge in [0.15, 0.2) is 0 Å². The number of hydrogen-bond acceptors (Lipinski definition) is 2. The molecule has 0 atom stereocenters. The lowest BCUT2D eigenvalue weighted by Crippen LogP contribution is -2.11. The van der Waals surface area contributed by atoms with E-state index in [9.17, 15) is 4.79 Å². The number of unbranched alkanes of at least 4 members (excludes halogenated alkanes) is 3. The number of nitrogens with one attached hydrogen (secondary N) is 1. The summed E-state index contributed by atoms with van der Waals surface area (Å²) in [4.78, 5) is 9.64. The van der Waals surface area contributed by atoms with Gasteiger partial charge in [-0.2, -0.15) is 0 Å². The van der Waals surface area contributed by atoms with Gasteiger partial charge in [-0.1, -0.05) is 12.8 Å². The van der Waals surface area contributed by atoms with E-state index in [0.29, 0.717) is 0 Å². The van der Waals surface area contributed by atoms with E-state index in [-0.39, 0.29) is 0 Å². The van der Waals surface area contributed by atoms with Crippen LogP contribution in [0.15, 0.2) is 0 Å². The molecule has 0 aromatic heterocycles. The summed E-state index contributed by atoms with van der Waals surface area (Å²) in [6.45, 7) is 1.52. The third-order valence-corrected chi connectivity index (χ3v) is 1.33. The normalized spacial score (nSPS) is 9.30. The Morgan fingerprint density at radius 3 is 2.50 bits per heavy atom. The molecule has 0 aliphatic rings. The van der Waals surface area contributed by atoms with Crippen molar-refractivity contribution in [2.24, 2.45) is 5.73 Å². The van der Waals surface area contributed by atoms with Crippen molar-refractivity contribution in [2.75, 3.05) is 13.1 Å². The highest BCUT2D eigenvalue weighted by atomic mass is 16.1. The number of hydrogen-bond donors (Lipinski definition) is 2. The second-order valence-electron chi connectivity index (χ2n) is 2.23. The van der Waals surface area contributed by atoms with Crippen molar-refractivity contribution in [3.63, 3.8) is 0 Å². The van der Waals surface area contributed by atoms with Crippen molar-refractivity contribution >= 4 is 6.41 Å². The van der Waals surface area contributed by atoms with Crippen LogP contribution in [-0.4, -0.2) is 19.5 Å². The average molecular weight is 143 g/mol. The van der Waals surface area contributed by atoms with Crippen molar-refractivity contribution in [1.29, 1.82) is 0 Å². The number of carbonyl (C=O) groups excluding carboxylic acids is 1. The van der Waals surface area contributed by atoms with E-state index in [4.69, 9.17) is 5.73 Å². The standard InChI is InChI=1S/C7H15N2O/c8-5-3-1-2-4-6-9-7-10/h1-6,8H2,(H,9,10). The lowest BCUT2D eigenvalue weighted by molar-refractivity contribution is 0.536. The molecule has 3 N–H and O–H groups in total. The van der Waals surface area contributed by atoms with Gasteiger partial charge in [0.1, 0.15) is 0 Å². The Labute approximate surface area is 62.0 Å². The van der Waals surface area contributed by atoms with Crippen LogP contribution in [0.3, 0.4) is 0 Å². The summed E-state index contributed by atoms with van der Waals surface area (Å²) in [5.41, 5.74) is 5.29. The predicted octanol–water partition coefficient (Wildman–Crippen LogP) is 0.162. The molecule has 3 heteroatoms. The van der Waals surface area contributed by atoms with Crippen LogP contribution >= 0.6 is 0 Å². The predicted molar refractivity (Wildman–Crippen MR) is 41.2 cm³/mol. The highest BCUT2D eigenvalue weighted by molar-refractivity contribution is 5.46. The molecule has 0 saturated heterocycles. The molecule has 10 heavy (non-hydrogen) atoms. The fourth-order valence-corrected chi connectivity index (χ4v) is 0.762. The smallest absolute Gasteiger partial charge is 0.309 e. The van der Waals surface area contributed by atoms with Crippen molar-refractivity contribution in [2.45, 2.75) is 25.7 Å². The van der Waals surface area contributed by atoms with Crippen molar-refractivity contribution in [1.82, 2.24) is 5.32 Å². The maximum Gasteiger partial charge on any atom is 0.309 e. The van der Waals surface area contributed by atoms with Gasteiger partial charge in [-0.05, 0) is 19.4 Å². The lowest BCUT2D eigenvalue weighted by Gasteiger charge is -1.97. The Hall–Kier alpha value is -0.570. The third kappa shape index (κ3) is 7.43. The third-order valence-electron chi connectivity index (χ3n) is 1.33. The summed E-state index contributed by atoms with van der Waals surface area (Å²) in [5.74, 6) is 0. The Balaban J connectivity index is 2.70. The van der Waals surface area contributed by atoms with E-state index < -0.39 is 0 Å². The fraction of sp³-hybridized carbons (Fsp3) is 0.857. The molecule has 0 aromatic rings. The summed E-state index contributed by atoms with van der Waals surface area (Å²) < 4.78 is 0. The van der Waals surface area contributed by atoms with Crippen LogP contribution in [0.2, 0.25) is 0 Å². The Kier molecular flexibility index (Phi) is 7.95. The van der Waals surface area contributed by atoms with Crippen LogP contribution in [0.25, 0.3) is 0 Å². The molecule has 1 amide bonds.